The zero-order valence-electron chi connectivity index (χ0n) is 18.4. The van der Waals surface area contributed by atoms with Gasteiger partial charge in [0.2, 0.25) is 0 Å². The molecule has 1 aliphatic rings. The maximum atomic E-state index is 13.0. The smallest absolute Gasteiger partial charge is 0.257 e. The average Bonchev–Trinajstić information content (AvgIpc) is 2.99. The Bertz CT molecular complexity index is 1330. The van der Waals surface area contributed by atoms with E-state index in [-0.39, 0.29) is 11.8 Å². The molecule has 2 heterocycles. The molecule has 0 spiro atoms. The normalized spacial score (nSPS) is 12.2. The van der Waals surface area contributed by atoms with Crippen molar-refractivity contribution >= 4 is 28.9 Å². The minimum Gasteiger partial charge on any atom is -0.352 e. The number of rotatable bonds is 6. The SMILES string of the molecule is O=C(NCCc1cncnc1)c1ccc2c(c1)NC(=O)c1ccccc1N2Cc1ccccc1. The Morgan fingerprint density at radius 1 is 0.882 bits per heavy atom. The third kappa shape index (κ3) is 4.49. The van der Waals surface area contributed by atoms with E-state index >= 15 is 0 Å². The Morgan fingerprint density at radius 3 is 2.47 bits per heavy atom. The van der Waals surface area contributed by atoms with E-state index in [0.717, 1.165) is 22.5 Å². The molecule has 0 unspecified atom stereocenters. The number of para-hydroxylation sites is 1. The highest BCUT2D eigenvalue weighted by molar-refractivity contribution is 6.13. The number of benzene rings is 3. The lowest BCUT2D eigenvalue weighted by molar-refractivity contribution is 0.0952. The van der Waals surface area contributed by atoms with Gasteiger partial charge in [0.25, 0.3) is 11.8 Å². The number of carbonyl (C=O) groups excluding carboxylic acids is 2. The number of nitrogens with one attached hydrogen (secondary N) is 2. The molecule has 0 aliphatic carbocycles. The lowest BCUT2D eigenvalue weighted by Crippen LogP contribution is -2.26. The predicted octanol–water partition coefficient (Wildman–Crippen LogP) is 4.35. The first-order valence-corrected chi connectivity index (χ1v) is 11.1. The Labute approximate surface area is 197 Å². The van der Waals surface area contributed by atoms with Crippen molar-refractivity contribution in [2.75, 3.05) is 16.8 Å². The quantitative estimate of drug-likeness (QED) is 0.457. The van der Waals surface area contributed by atoms with E-state index in [9.17, 15) is 9.59 Å². The van der Waals surface area contributed by atoms with Crippen LogP contribution < -0.4 is 15.5 Å². The van der Waals surface area contributed by atoms with Crippen molar-refractivity contribution in [2.24, 2.45) is 0 Å². The number of nitrogens with zero attached hydrogens (tertiary/aromatic N) is 3. The van der Waals surface area contributed by atoms with Gasteiger partial charge in [-0.3, -0.25) is 9.59 Å². The molecule has 0 fully saturated rings. The van der Waals surface area contributed by atoms with Gasteiger partial charge in [-0.25, -0.2) is 9.97 Å². The van der Waals surface area contributed by atoms with Gasteiger partial charge in [-0.1, -0.05) is 42.5 Å². The zero-order chi connectivity index (χ0) is 23.3. The third-order valence-electron chi connectivity index (χ3n) is 5.73. The standard InChI is InChI=1S/C27H23N5O2/c33-26(30-13-12-20-15-28-18-29-16-20)21-10-11-25-23(14-21)31-27(34)22-8-4-5-9-24(22)32(25)17-19-6-2-1-3-7-19/h1-11,14-16,18H,12-13,17H2,(H,30,33)(H,31,34). The molecule has 1 aromatic heterocycles. The Kier molecular flexibility index (Phi) is 5.99. The second-order valence-electron chi connectivity index (χ2n) is 8.03. The first-order valence-electron chi connectivity index (χ1n) is 11.1. The summed E-state index contributed by atoms with van der Waals surface area (Å²) in [4.78, 5) is 35.9. The first kappa shape index (κ1) is 21.3. The van der Waals surface area contributed by atoms with Crippen molar-refractivity contribution in [1.29, 1.82) is 0 Å². The molecule has 34 heavy (non-hydrogen) atoms. The molecular formula is C27H23N5O2. The third-order valence-corrected chi connectivity index (χ3v) is 5.73. The monoisotopic (exact) mass is 449 g/mol. The number of carbonyl (C=O) groups is 2. The van der Waals surface area contributed by atoms with Crippen molar-refractivity contribution in [1.82, 2.24) is 15.3 Å². The van der Waals surface area contributed by atoms with Gasteiger partial charge in [0.1, 0.15) is 6.33 Å². The molecule has 2 amide bonds. The van der Waals surface area contributed by atoms with Gasteiger partial charge in [0, 0.05) is 31.0 Å². The molecule has 4 aromatic rings. The van der Waals surface area contributed by atoms with Crippen molar-refractivity contribution in [3.8, 4) is 0 Å². The largest absolute Gasteiger partial charge is 0.352 e. The minimum atomic E-state index is -0.203. The van der Waals surface area contributed by atoms with Crippen molar-refractivity contribution in [3.05, 3.63) is 114 Å². The fourth-order valence-corrected chi connectivity index (χ4v) is 4.05. The summed E-state index contributed by atoms with van der Waals surface area (Å²) in [7, 11) is 0. The van der Waals surface area contributed by atoms with Gasteiger partial charge in [-0.15, -0.1) is 0 Å². The highest BCUT2D eigenvalue weighted by atomic mass is 16.2. The molecule has 0 atom stereocenters. The van der Waals surface area contributed by atoms with Crippen LogP contribution >= 0.6 is 0 Å². The Morgan fingerprint density at radius 2 is 1.65 bits per heavy atom. The van der Waals surface area contributed by atoms with Gasteiger partial charge < -0.3 is 15.5 Å². The summed E-state index contributed by atoms with van der Waals surface area (Å²) in [5, 5.41) is 5.92. The van der Waals surface area contributed by atoms with E-state index in [1.54, 1.807) is 24.5 Å². The maximum absolute atomic E-state index is 13.0. The van der Waals surface area contributed by atoms with Gasteiger partial charge in [0.05, 0.1) is 22.6 Å². The topological polar surface area (TPSA) is 87.2 Å². The van der Waals surface area contributed by atoms with Crippen LogP contribution in [0, 0.1) is 0 Å². The molecule has 0 saturated carbocycles. The molecule has 5 rings (SSSR count). The van der Waals surface area contributed by atoms with E-state index < -0.39 is 0 Å². The molecule has 2 N–H and O–H groups in total. The number of hydrogen-bond acceptors (Lipinski definition) is 5. The lowest BCUT2D eigenvalue weighted by atomic mass is 10.1. The number of hydrogen-bond donors (Lipinski definition) is 2. The summed E-state index contributed by atoms with van der Waals surface area (Å²) < 4.78 is 0. The van der Waals surface area contributed by atoms with E-state index in [1.807, 2.05) is 48.5 Å². The summed E-state index contributed by atoms with van der Waals surface area (Å²) in [6.07, 6.45) is 5.58. The van der Waals surface area contributed by atoms with Crippen LogP contribution in [0.15, 0.2) is 91.5 Å². The number of anilines is 3. The molecule has 0 radical (unpaired) electrons. The van der Waals surface area contributed by atoms with Crippen LogP contribution in [0.5, 0.6) is 0 Å². The highest BCUT2D eigenvalue weighted by Crippen LogP contribution is 2.39. The average molecular weight is 450 g/mol. The molecule has 168 valence electrons. The fourth-order valence-electron chi connectivity index (χ4n) is 4.05. The summed E-state index contributed by atoms with van der Waals surface area (Å²) in [6, 6.07) is 23.0. The summed E-state index contributed by atoms with van der Waals surface area (Å²) in [6.45, 7) is 1.05. The zero-order valence-corrected chi connectivity index (χ0v) is 18.4. The van der Waals surface area contributed by atoms with Gasteiger partial charge >= 0.3 is 0 Å². The van der Waals surface area contributed by atoms with Crippen LogP contribution in [0.2, 0.25) is 0 Å². The highest BCUT2D eigenvalue weighted by Gasteiger charge is 2.26. The first-order chi connectivity index (χ1) is 16.7. The predicted molar refractivity (Wildman–Crippen MR) is 131 cm³/mol. The van der Waals surface area contributed by atoms with Crippen LogP contribution in [-0.4, -0.2) is 28.3 Å². The second-order valence-corrected chi connectivity index (χ2v) is 8.03. The number of amides is 2. The summed E-state index contributed by atoms with van der Waals surface area (Å²) in [5.41, 5.74) is 5.39. The second kappa shape index (κ2) is 9.54. The van der Waals surface area contributed by atoms with Crippen molar-refractivity contribution < 1.29 is 9.59 Å². The van der Waals surface area contributed by atoms with Gasteiger partial charge in [0.15, 0.2) is 0 Å². The van der Waals surface area contributed by atoms with Crippen LogP contribution in [0.4, 0.5) is 17.1 Å². The summed E-state index contributed by atoms with van der Waals surface area (Å²) >= 11 is 0. The van der Waals surface area contributed by atoms with E-state index in [4.69, 9.17) is 0 Å². The molecule has 7 heteroatoms. The van der Waals surface area contributed by atoms with Crippen molar-refractivity contribution in [2.45, 2.75) is 13.0 Å². The number of aromatic nitrogens is 2. The Balaban J connectivity index is 1.42. The van der Waals surface area contributed by atoms with E-state index in [2.05, 4.69) is 37.6 Å². The number of fused-ring (bicyclic) bond motifs is 2. The van der Waals surface area contributed by atoms with E-state index in [0.29, 0.717) is 36.3 Å². The van der Waals surface area contributed by atoms with Crippen LogP contribution in [0.3, 0.4) is 0 Å². The Hall–Kier alpha value is -4.52. The summed E-state index contributed by atoms with van der Waals surface area (Å²) in [5.74, 6) is -0.403. The molecule has 0 saturated heterocycles. The van der Waals surface area contributed by atoms with Crippen molar-refractivity contribution in [3.63, 3.8) is 0 Å². The molecular weight excluding hydrogens is 426 g/mol. The van der Waals surface area contributed by atoms with Crippen LogP contribution in [-0.2, 0) is 13.0 Å². The molecule has 3 aromatic carbocycles. The molecule has 1 aliphatic heterocycles. The molecule has 0 bridgehead atoms. The van der Waals surface area contributed by atoms with Crippen LogP contribution in [0.25, 0.3) is 0 Å². The van der Waals surface area contributed by atoms with E-state index in [1.165, 1.54) is 6.33 Å². The fraction of sp³-hybridized carbons (Fsp3) is 0.111. The lowest BCUT2D eigenvalue weighted by Gasteiger charge is -2.26. The maximum Gasteiger partial charge on any atom is 0.257 e. The minimum absolute atomic E-state index is 0.200. The van der Waals surface area contributed by atoms with Gasteiger partial charge in [-0.2, -0.15) is 0 Å². The molecule has 7 nitrogen and oxygen atoms in total. The van der Waals surface area contributed by atoms with Gasteiger partial charge in [-0.05, 0) is 47.9 Å². The van der Waals surface area contributed by atoms with Crippen LogP contribution in [0.1, 0.15) is 31.8 Å².